The van der Waals surface area contributed by atoms with E-state index in [2.05, 4.69) is 24.3 Å². The Morgan fingerprint density at radius 3 is 2.45 bits per heavy atom. The first-order valence-corrected chi connectivity index (χ1v) is 7.66. The predicted octanol–water partition coefficient (Wildman–Crippen LogP) is 4.27. The quantitative estimate of drug-likeness (QED) is 0.816. The summed E-state index contributed by atoms with van der Waals surface area (Å²) in [4.78, 5) is 2.28. The van der Waals surface area contributed by atoms with Gasteiger partial charge in [0.2, 0.25) is 0 Å². The predicted molar refractivity (Wildman–Crippen MR) is 83.1 cm³/mol. The third kappa shape index (κ3) is 3.11. The van der Waals surface area contributed by atoms with Gasteiger partial charge in [0.05, 0.1) is 5.02 Å². The summed E-state index contributed by atoms with van der Waals surface area (Å²) >= 11 is 11.9. The lowest BCUT2D eigenvalue weighted by Gasteiger charge is -2.48. The molecule has 0 heterocycles. The van der Waals surface area contributed by atoms with E-state index in [1.807, 2.05) is 6.92 Å². The van der Waals surface area contributed by atoms with Gasteiger partial charge in [-0.2, -0.15) is 0 Å². The number of likely N-dealkylation sites (N-methyl/N-ethyl adjacent to an activating group) is 1. The SMILES string of the molecule is CC(NCC1(N(C)C)CCC1)c1cc(F)c(Cl)cc1Cl. The Morgan fingerprint density at radius 1 is 1.30 bits per heavy atom. The summed E-state index contributed by atoms with van der Waals surface area (Å²) in [7, 11) is 4.22. The van der Waals surface area contributed by atoms with Crippen LogP contribution in [0.3, 0.4) is 0 Å². The minimum Gasteiger partial charge on any atom is -0.308 e. The van der Waals surface area contributed by atoms with E-state index >= 15 is 0 Å². The lowest BCUT2D eigenvalue weighted by Crippen LogP contribution is -2.56. The van der Waals surface area contributed by atoms with Crippen molar-refractivity contribution in [2.75, 3.05) is 20.6 Å². The second kappa shape index (κ2) is 6.18. The number of hydrogen-bond acceptors (Lipinski definition) is 2. The average molecular weight is 319 g/mol. The van der Waals surface area contributed by atoms with Crippen LogP contribution in [0.1, 0.15) is 37.8 Å². The van der Waals surface area contributed by atoms with Crippen molar-refractivity contribution in [3.63, 3.8) is 0 Å². The highest BCUT2D eigenvalue weighted by Gasteiger charge is 2.38. The zero-order valence-corrected chi connectivity index (χ0v) is 13.7. The molecule has 1 fully saturated rings. The maximum Gasteiger partial charge on any atom is 0.142 e. The Balaban J connectivity index is 2.05. The van der Waals surface area contributed by atoms with Crippen molar-refractivity contribution in [2.45, 2.75) is 37.8 Å². The fraction of sp³-hybridized carbons (Fsp3) is 0.600. The number of benzene rings is 1. The first-order valence-electron chi connectivity index (χ1n) is 6.91. The van der Waals surface area contributed by atoms with E-state index in [-0.39, 0.29) is 16.6 Å². The fourth-order valence-electron chi connectivity index (χ4n) is 2.69. The van der Waals surface area contributed by atoms with Gasteiger partial charge >= 0.3 is 0 Å². The molecule has 1 aromatic rings. The maximum atomic E-state index is 13.6. The summed E-state index contributed by atoms with van der Waals surface area (Å²) in [5.41, 5.74) is 0.980. The highest BCUT2D eigenvalue weighted by atomic mass is 35.5. The zero-order chi connectivity index (χ0) is 14.9. The maximum absolute atomic E-state index is 13.6. The number of rotatable bonds is 5. The molecule has 0 spiro atoms. The normalized spacial score (nSPS) is 18.9. The molecule has 1 unspecified atom stereocenters. The van der Waals surface area contributed by atoms with Crippen LogP contribution < -0.4 is 5.32 Å². The van der Waals surface area contributed by atoms with Gasteiger partial charge in [-0.1, -0.05) is 23.2 Å². The van der Waals surface area contributed by atoms with Gasteiger partial charge in [-0.3, -0.25) is 0 Å². The van der Waals surface area contributed by atoms with Crippen LogP contribution in [0.4, 0.5) is 4.39 Å². The van der Waals surface area contributed by atoms with Crippen molar-refractivity contribution in [1.29, 1.82) is 0 Å². The molecule has 0 radical (unpaired) electrons. The van der Waals surface area contributed by atoms with Crippen molar-refractivity contribution < 1.29 is 4.39 Å². The van der Waals surface area contributed by atoms with E-state index < -0.39 is 5.82 Å². The first kappa shape index (κ1) is 16.0. The second-order valence-electron chi connectivity index (χ2n) is 5.86. The van der Waals surface area contributed by atoms with Crippen LogP contribution in [-0.2, 0) is 0 Å². The van der Waals surface area contributed by atoms with Crippen LogP contribution in [0.25, 0.3) is 0 Å². The molecule has 1 aromatic carbocycles. The highest BCUT2D eigenvalue weighted by Crippen LogP contribution is 2.36. The molecule has 0 saturated heterocycles. The van der Waals surface area contributed by atoms with E-state index in [0.717, 1.165) is 12.1 Å². The molecule has 0 aromatic heterocycles. The number of nitrogens with zero attached hydrogens (tertiary/aromatic N) is 1. The summed E-state index contributed by atoms with van der Waals surface area (Å²) < 4.78 is 13.6. The molecular formula is C15H21Cl2FN2. The Kier molecular flexibility index (Phi) is 4.96. The molecular weight excluding hydrogens is 298 g/mol. The number of nitrogens with one attached hydrogen (secondary N) is 1. The largest absolute Gasteiger partial charge is 0.308 e. The van der Waals surface area contributed by atoms with Crippen molar-refractivity contribution in [3.05, 3.63) is 33.6 Å². The highest BCUT2D eigenvalue weighted by molar-refractivity contribution is 6.35. The average Bonchev–Trinajstić information content (AvgIpc) is 2.31. The second-order valence-corrected chi connectivity index (χ2v) is 6.68. The van der Waals surface area contributed by atoms with Gasteiger partial charge in [0.1, 0.15) is 5.82 Å². The summed E-state index contributed by atoms with van der Waals surface area (Å²) in [6.45, 7) is 2.87. The van der Waals surface area contributed by atoms with E-state index in [4.69, 9.17) is 23.2 Å². The Labute approximate surface area is 130 Å². The number of hydrogen-bond donors (Lipinski definition) is 1. The molecule has 0 bridgehead atoms. The van der Waals surface area contributed by atoms with E-state index in [9.17, 15) is 4.39 Å². The van der Waals surface area contributed by atoms with Crippen LogP contribution in [0.5, 0.6) is 0 Å². The fourth-order valence-corrected chi connectivity index (χ4v) is 3.24. The van der Waals surface area contributed by atoms with E-state index in [1.165, 1.54) is 31.4 Å². The zero-order valence-electron chi connectivity index (χ0n) is 12.1. The topological polar surface area (TPSA) is 15.3 Å². The van der Waals surface area contributed by atoms with Crippen LogP contribution in [0.15, 0.2) is 12.1 Å². The minimum atomic E-state index is -0.425. The smallest absolute Gasteiger partial charge is 0.142 e. The Bertz CT molecular complexity index is 487. The molecule has 1 N–H and O–H groups in total. The van der Waals surface area contributed by atoms with Crippen LogP contribution >= 0.6 is 23.2 Å². The lowest BCUT2D eigenvalue weighted by atomic mass is 9.75. The van der Waals surface area contributed by atoms with Crippen LogP contribution in [-0.4, -0.2) is 31.1 Å². The monoisotopic (exact) mass is 318 g/mol. The van der Waals surface area contributed by atoms with Gasteiger partial charge in [0.25, 0.3) is 0 Å². The molecule has 1 aliphatic carbocycles. The molecule has 1 atom stereocenters. The summed E-state index contributed by atoms with van der Waals surface area (Å²) in [5, 5.41) is 4.04. The Hall–Kier alpha value is -0.350. The Morgan fingerprint density at radius 2 is 1.95 bits per heavy atom. The summed E-state index contributed by atoms with van der Waals surface area (Å²) in [6, 6.07) is 2.88. The van der Waals surface area contributed by atoms with Crippen molar-refractivity contribution in [1.82, 2.24) is 10.2 Å². The van der Waals surface area contributed by atoms with Crippen LogP contribution in [0.2, 0.25) is 10.0 Å². The van der Waals surface area contributed by atoms with Gasteiger partial charge in [0, 0.05) is 23.1 Å². The van der Waals surface area contributed by atoms with Gasteiger partial charge in [0.15, 0.2) is 0 Å². The number of halogens is 3. The lowest BCUT2D eigenvalue weighted by molar-refractivity contribution is 0.0576. The van der Waals surface area contributed by atoms with Gasteiger partial charge in [-0.25, -0.2) is 4.39 Å². The molecule has 5 heteroatoms. The molecule has 1 saturated carbocycles. The minimum absolute atomic E-state index is 0.00769. The molecule has 112 valence electrons. The van der Waals surface area contributed by atoms with Gasteiger partial charge in [-0.05, 0) is 58.0 Å². The van der Waals surface area contributed by atoms with Crippen molar-refractivity contribution in [3.8, 4) is 0 Å². The third-order valence-electron chi connectivity index (χ3n) is 4.48. The van der Waals surface area contributed by atoms with Crippen molar-refractivity contribution in [2.24, 2.45) is 0 Å². The molecule has 2 rings (SSSR count). The molecule has 0 amide bonds. The molecule has 1 aliphatic rings. The van der Waals surface area contributed by atoms with E-state index in [0.29, 0.717) is 5.02 Å². The molecule has 0 aliphatic heterocycles. The van der Waals surface area contributed by atoms with Gasteiger partial charge in [-0.15, -0.1) is 0 Å². The van der Waals surface area contributed by atoms with E-state index in [1.54, 1.807) is 0 Å². The third-order valence-corrected chi connectivity index (χ3v) is 5.09. The summed E-state index contributed by atoms with van der Waals surface area (Å²) in [5.74, 6) is -0.425. The summed E-state index contributed by atoms with van der Waals surface area (Å²) in [6.07, 6.45) is 3.66. The van der Waals surface area contributed by atoms with Gasteiger partial charge < -0.3 is 10.2 Å². The molecule has 2 nitrogen and oxygen atoms in total. The van der Waals surface area contributed by atoms with Crippen LogP contribution in [0, 0.1) is 5.82 Å². The molecule has 20 heavy (non-hydrogen) atoms. The standard InChI is InChI=1S/C15H21Cl2FN2/c1-10(11-7-14(18)13(17)8-12(11)16)19-9-15(20(2)3)5-4-6-15/h7-8,10,19H,4-6,9H2,1-3H3. The first-order chi connectivity index (χ1) is 9.35. The van der Waals surface area contributed by atoms with Crippen molar-refractivity contribution >= 4 is 23.2 Å².